The summed E-state index contributed by atoms with van der Waals surface area (Å²) in [6.07, 6.45) is 5.78. The summed E-state index contributed by atoms with van der Waals surface area (Å²) >= 11 is 0. The van der Waals surface area contributed by atoms with Crippen molar-refractivity contribution in [2.24, 2.45) is 11.3 Å². The summed E-state index contributed by atoms with van der Waals surface area (Å²) in [6.45, 7) is 4.81. The summed E-state index contributed by atoms with van der Waals surface area (Å²) in [6, 6.07) is 14.2. The number of aromatic nitrogens is 1. The molecule has 0 aliphatic heterocycles. The summed E-state index contributed by atoms with van der Waals surface area (Å²) < 4.78 is 13.1. The quantitative estimate of drug-likeness (QED) is 0.430. The van der Waals surface area contributed by atoms with E-state index >= 15 is 0 Å². The first-order valence-electron chi connectivity index (χ1n) is 12.0. The van der Waals surface area contributed by atoms with E-state index in [1.807, 2.05) is 42.1 Å². The van der Waals surface area contributed by atoms with Crippen LogP contribution >= 0.6 is 0 Å². The third-order valence-corrected chi connectivity index (χ3v) is 7.28. The highest BCUT2D eigenvalue weighted by Crippen LogP contribution is 2.45. The Morgan fingerprint density at radius 1 is 1.09 bits per heavy atom. The van der Waals surface area contributed by atoms with Crippen molar-refractivity contribution in [3.8, 4) is 11.5 Å². The molecule has 0 saturated heterocycles. The van der Waals surface area contributed by atoms with Gasteiger partial charge >= 0.3 is 5.97 Å². The molecule has 1 aliphatic carbocycles. The van der Waals surface area contributed by atoms with E-state index in [2.05, 4.69) is 31.2 Å². The minimum Gasteiger partial charge on any atom is -0.496 e. The van der Waals surface area contributed by atoms with Gasteiger partial charge in [-0.25, -0.2) is 0 Å². The molecule has 4 rings (SSSR count). The predicted octanol–water partition coefficient (Wildman–Crippen LogP) is 4.99. The van der Waals surface area contributed by atoms with Crippen molar-refractivity contribution in [3.63, 3.8) is 0 Å². The molecule has 0 spiro atoms. The number of aliphatic hydroxyl groups excluding tert-OH is 1. The zero-order valence-corrected chi connectivity index (χ0v) is 21.0. The molecular weight excluding hydrogens is 442 g/mol. The number of aliphatic carboxylic acids is 1. The number of fused-ring (bicyclic) bond motifs is 1. The average molecular weight is 478 g/mol. The number of hydrogen-bond acceptors (Lipinski definition) is 4. The van der Waals surface area contributed by atoms with Crippen molar-refractivity contribution >= 4 is 5.97 Å². The molecule has 1 heterocycles. The van der Waals surface area contributed by atoms with Crippen molar-refractivity contribution in [1.29, 1.82) is 0 Å². The summed E-state index contributed by atoms with van der Waals surface area (Å²) in [5.41, 5.74) is 5.18. The maximum atomic E-state index is 11.7. The number of rotatable bonds is 10. The highest BCUT2D eigenvalue weighted by atomic mass is 16.5. The van der Waals surface area contributed by atoms with Gasteiger partial charge in [-0.1, -0.05) is 31.2 Å². The second-order valence-electron chi connectivity index (χ2n) is 10.2. The van der Waals surface area contributed by atoms with E-state index in [-0.39, 0.29) is 17.8 Å². The van der Waals surface area contributed by atoms with Crippen LogP contribution in [0.1, 0.15) is 47.3 Å². The van der Waals surface area contributed by atoms with Gasteiger partial charge in [-0.3, -0.25) is 4.79 Å². The third-order valence-electron chi connectivity index (χ3n) is 7.28. The van der Waals surface area contributed by atoms with Gasteiger partial charge in [-0.15, -0.1) is 0 Å². The molecule has 2 N–H and O–H groups in total. The lowest BCUT2D eigenvalue weighted by Gasteiger charge is -2.33. The van der Waals surface area contributed by atoms with Gasteiger partial charge in [0.15, 0.2) is 0 Å². The maximum Gasteiger partial charge on any atom is 0.307 e. The second kappa shape index (κ2) is 10.2. The molecule has 35 heavy (non-hydrogen) atoms. The molecule has 186 valence electrons. The molecule has 0 bridgehead atoms. The second-order valence-corrected chi connectivity index (χ2v) is 10.2. The van der Waals surface area contributed by atoms with Crippen LogP contribution in [0, 0.1) is 18.3 Å². The number of hydrogen-bond donors (Lipinski definition) is 2. The standard InChI is InChI=1S/C29H35NO5/c1-19-25(34-3)12-23(13-26(19)35-4)28(33)24(18-30-10-9-20(17-30)11-27(31)32)16-29(2)14-21-7-5-6-8-22(21)15-29/h5-10,12-13,17,24,28,33H,11,14-16,18H2,1-4H3,(H,31,32)/t24-,28-/m1/s1. The van der Waals surface area contributed by atoms with Crippen molar-refractivity contribution in [2.75, 3.05) is 14.2 Å². The first-order chi connectivity index (χ1) is 16.7. The van der Waals surface area contributed by atoms with Crippen LogP contribution in [-0.2, 0) is 30.6 Å². The van der Waals surface area contributed by atoms with Gasteiger partial charge < -0.3 is 24.3 Å². The Hall–Kier alpha value is -3.25. The normalized spacial score (nSPS) is 15.9. The number of aliphatic hydroxyl groups is 1. The molecule has 2 atom stereocenters. The topological polar surface area (TPSA) is 80.9 Å². The number of benzene rings is 2. The van der Waals surface area contributed by atoms with Gasteiger partial charge in [-0.05, 0) is 72.1 Å². The summed E-state index contributed by atoms with van der Waals surface area (Å²) in [5, 5.41) is 20.9. The van der Waals surface area contributed by atoms with Crippen LogP contribution in [0.4, 0.5) is 0 Å². The van der Waals surface area contributed by atoms with E-state index in [0.717, 1.165) is 36.0 Å². The van der Waals surface area contributed by atoms with Gasteiger partial charge in [0.25, 0.3) is 0 Å². The van der Waals surface area contributed by atoms with Crippen molar-refractivity contribution < 1.29 is 24.5 Å². The molecule has 0 amide bonds. The zero-order valence-electron chi connectivity index (χ0n) is 21.0. The average Bonchev–Trinajstić information content (AvgIpc) is 3.40. The first-order valence-corrected chi connectivity index (χ1v) is 12.0. The first kappa shape index (κ1) is 24.9. The fourth-order valence-corrected chi connectivity index (χ4v) is 5.64. The lowest BCUT2D eigenvalue weighted by Crippen LogP contribution is -2.28. The van der Waals surface area contributed by atoms with E-state index in [1.54, 1.807) is 14.2 Å². The fourth-order valence-electron chi connectivity index (χ4n) is 5.64. The summed E-state index contributed by atoms with van der Waals surface area (Å²) in [4.78, 5) is 11.1. The Labute approximate surface area is 207 Å². The van der Waals surface area contributed by atoms with Crippen LogP contribution < -0.4 is 9.47 Å². The highest BCUT2D eigenvalue weighted by Gasteiger charge is 2.37. The Bertz CT molecular complexity index is 1150. The van der Waals surface area contributed by atoms with Gasteiger partial charge in [0.1, 0.15) is 11.5 Å². The number of ether oxygens (including phenoxy) is 2. The summed E-state index contributed by atoms with van der Waals surface area (Å²) in [5.74, 6) is 0.411. The highest BCUT2D eigenvalue weighted by molar-refractivity contribution is 5.70. The molecule has 0 fully saturated rings. The maximum absolute atomic E-state index is 11.7. The van der Waals surface area contributed by atoms with E-state index in [4.69, 9.17) is 14.6 Å². The molecule has 3 aromatic rings. The minimum atomic E-state index is -0.852. The number of carboxylic acids is 1. The van der Waals surface area contributed by atoms with E-state index in [0.29, 0.717) is 18.0 Å². The lowest BCUT2D eigenvalue weighted by molar-refractivity contribution is -0.136. The molecule has 1 aliphatic rings. The van der Waals surface area contributed by atoms with Crippen LogP contribution in [0.25, 0.3) is 0 Å². The molecule has 0 unspecified atom stereocenters. The predicted molar refractivity (Wildman–Crippen MR) is 135 cm³/mol. The number of carboxylic acid groups (broad SMARTS) is 1. The smallest absolute Gasteiger partial charge is 0.307 e. The van der Waals surface area contributed by atoms with Crippen LogP contribution in [0.2, 0.25) is 0 Å². The zero-order chi connectivity index (χ0) is 25.2. The third kappa shape index (κ3) is 5.54. The number of carbonyl (C=O) groups is 1. The Kier molecular flexibility index (Phi) is 7.22. The molecule has 0 radical (unpaired) electrons. The molecular formula is C29H35NO5. The van der Waals surface area contributed by atoms with Crippen LogP contribution in [0.5, 0.6) is 11.5 Å². The van der Waals surface area contributed by atoms with Crippen LogP contribution in [-0.4, -0.2) is 35.0 Å². The molecule has 2 aromatic carbocycles. The van der Waals surface area contributed by atoms with Gasteiger partial charge in [0.2, 0.25) is 0 Å². The SMILES string of the molecule is COc1cc([C@@H](O)[C@@H](Cn2ccc(CC(=O)O)c2)CC2(C)Cc3ccccc3C2)cc(OC)c1C. The van der Waals surface area contributed by atoms with E-state index in [9.17, 15) is 9.90 Å². The molecule has 6 heteroatoms. The van der Waals surface area contributed by atoms with E-state index in [1.165, 1.54) is 11.1 Å². The Morgan fingerprint density at radius 3 is 2.23 bits per heavy atom. The van der Waals surface area contributed by atoms with Gasteiger partial charge in [-0.2, -0.15) is 0 Å². The fraction of sp³-hybridized carbons (Fsp3) is 0.414. The van der Waals surface area contributed by atoms with Crippen LogP contribution in [0.3, 0.4) is 0 Å². The largest absolute Gasteiger partial charge is 0.496 e. The molecule has 1 aromatic heterocycles. The van der Waals surface area contributed by atoms with Crippen molar-refractivity contribution in [2.45, 2.75) is 52.2 Å². The molecule has 0 saturated carbocycles. The number of methoxy groups -OCH3 is 2. The van der Waals surface area contributed by atoms with Crippen molar-refractivity contribution in [3.05, 3.63) is 82.7 Å². The monoisotopic (exact) mass is 477 g/mol. The minimum absolute atomic E-state index is 0.0143. The van der Waals surface area contributed by atoms with Gasteiger partial charge in [0, 0.05) is 30.4 Å². The Balaban J connectivity index is 1.65. The Morgan fingerprint density at radius 2 is 1.69 bits per heavy atom. The number of nitrogens with zero attached hydrogens (tertiary/aromatic N) is 1. The van der Waals surface area contributed by atoms with E-state index < -0.39 is 12.1 Å². The van der Waals surface area contributed by atoms with Crippen molar-refractivity contribution in [1.82, 2.24) is 4.57 Å². The van der Waals surface area contributed by atoms with Crippen LogP contribution in [0.15, 0.2) is 54.9 Å². The van der Waals surface area contributed by atoms with Gasteiger partial charge in [0.05, 0.1) is 26.7 Å². The lowest BCUT2D eigenvalue weighted by atomic mass is 9.75. The summed E-state index contributed by atoms with van der Waals surface area (Å²) in [7, 11) is 3.24. The molecule has 6 nitrogen and oxygen atoms in total.